The molecule has 0 radical (unpaired) electrons. The summed E-state index contributed by atoms with van der Waals surface area (Å²) in [6, 6.07) is 9.45. The quantitative estimate of drug-likeness (QED) is 0.841. The maximum Gasteiger partial charge on any atom is 0.0414 e. The van der Waals surface area contributed by atoms with Crippen LogP contribution in [-0.2, 0) is 0 Å². The van der Waals surface area contributed by atoms with E-state index in [0.29, 0.717) is 0 Å². The lowest BCUT2D eigenvalue weighted by molar-refractivity contribution is 0.400. The average molecular weight is 218 g/mol. The van der Waals surface area contributed by atoms with Crippen LogP contribution in [-0.4, -0.2) is 13.1 Å². The number of benzene rings is 1. The largest absolute Gasteiger partial charge is 0.371 e. The Labute approximate surface area is 98.4 Å². The van der Waals surface area contributed by atoms with Crippen molar-refractivity contribution in [3.05, 3.63) is 29.8 Å². The maximum atomic E-state index is 6.17. The molecule has 1 atom stereocenters. The van der Waals surface area contributed by atoms with Gasteiger partial charge in [0.05, 0.1) is 0 Å². The fourth-order valence-corrected chi connectivity index (χ4v) is 2.31. The zero-order chi connectivity index (χ0) is 11.5. The Hall–Kier alpha value is -1.02. The SMILES string of the molecule is CC[C@@H](N)c1ccccc1N(C)C1CCC1. The van der Waals surface area contributed by atoms with E-state index >= 15 is 0 Å². The molecule has 0 aromatic heterocycles. The van der Waals surface area contributed by atoms with Gasteiger partial charge in [0.25, 0.3) is 0 Å². The summed E-state index contributed by atoms with van der Waals surface area (Å²) in [5.41, 5.74) is 8.78. The summed E-state index contributed by atoms with van der Waals surface area (Å²) in [5.74, 6) is 0. The second-order valence-electron chi connectivity index (χ2n) is 4.77. The number of hydrogen-bond acceptors (Lipinski definition) is 2. The van der Waals surface area contributed by atoms with Crippen molar-refractivity contribution in [3.8, 4) is 0 Å². The minimum atomic E-state index is 0.165. The minimum Gasteiger partial charge on any atom is -0.371 e. The van der Waals surface area contributed by atoms with Gasteiger partial charge in [-0.15, -0.1) is 0 Å². The molecule has 0 spiro atoms. The van der Waals surface area contributed by atoms with E-state index in [1.54, 1.807) is 0 Å². The van der Waals surface area contributed by atoms with E-state index in [2.05, 4.69) is 43.1 Å². The molecule has 1 saturated carbocycles. The third-order valence-electron chi connectivity index (χ3n) is 3.78. The van der Waals surface area contributed by atoms with Crippen LogP contribution in [0, 0.1) is 0 Å². The lowest BCUT2D eigenvalue weighted by atomic mass is 9.90. The first kappa shape index (κ1) is 11.5. The van der Waals surface area contributed by atoms with Crippen LogP contribution in [0.2, 0.25) is 0 Å². The summed E-state index contributed by atoms with van der Waals surface area (Å²) < 4.78 is 0. The Morgan fingerprint density at radius 3 is 2.62 bits per heavy atom. The third kappa shape index (κ3) is 2.07. The van der Waals surface area contributed by atoms with Crippen molar-refractivity contribution < 1.29 is 0 Å². The predicted molar refractivity (Wildman–Crippen MR) is 69.7 cm³/mol. The summed E-state index contributed by atoms with van der Waals surface area (Å²) in [5, 5.41) is 0. The number of nitrogens with zero attached hydrogens (tertiary/aromatic N) is 1. The van der Waals surface area contributed by atoms with Crippen molar-refractivity contribution in [2.24, 2.45) is 5.73 Å². The smallest absolute Gasteiger partial charge is 0.0414 e. The molecular weight excluding hydrogens is 196 g/mol. The first-order valence-corrected chi connectivity index (χ1v) is 6.31. The fraction of sp³-hybridized carbons (Fsp3) is 0.571. The van der Waals surface area contributed by atoms with Gasteiger partial charge in [-0.25, -0.2) is 0 Å². The van der Waals surface area contributed by atoms with E-state index < -0.39 is 0 Å². The van der Waals surface area contributed by atoms with Gasteiger partial charge in [0.15, 0.2) is 0 Å². The molecule has 2 N–H and O–H groups in total. The average Bonchev–Trinajstić information content (AvgIpc) is 2.25. The van der Waals surface area contributed by atoms with E-state index in [0.717, 1.165) is 12.5 Å². The molecule has 2 heteroatoms. The third-order valence-corrected chi connectivity index (χ3v) is 3.78. The van der Waals surface area contributed by atoms with E-state index in [1.807, 2.05) is 0 Å². The van der Waals surface area contributed by atoms with Gasteiger partial charge < -0.3 is 10.6 Å². The Kier molecular flexibility index (Phi) is 3.49. The zero-order valence-corrected chi connectivity index (χ0v) is 10.3. The van der Waals surface area contributed by atoms with Crippen molar-refractivity contribution in [1.82, 2.24) is 0 Å². The highest BCUT2D eigenvalue weighted by molar-refractivity contribution is 5.55. The van der Waals surface area contributed by atoms with Gasteiger partial charge in [-0.3, -0.25) is 0 Å². The van der Waals surface area contributed by atoms with E-state index in [9.17, 15) is 0 Å². The van der Waals surface area contributed by atoms with E-state index in [1.165, 1.54) is 30.5 Å². The van der Waals surface area contributed by atoms with Crippen molar-refractivity contribution in [2.45, 2.75) is 44.7 Å². The minimum absolute atomic E-state index is 0.165. The van der Waals surface area contributed by atoms with Gasteiger partial charge in [-0.05, 0) is 37.3 Å². The standard InChI is InChI=1S/C14H22N2/c1-3-13(15)12-9-4-5-10-14(12)16(2)11-7-6-8-11/h4-5,9-11,13H,3,6-8,15H2,1-2H3/t13-/m1/s1. The van der Waals surface area contributed by atoms with Crippen LogP contribution in [0.1, 0.15) is 44.2 Å². The van der Waals surface area contributed by atoms with Crippen molar-refractivity contribution in [1.29, 1.82) is 0 Å². The molecule has 0 heterocycles. The van der Waals surface area contributed by atoms with Gasteiger partial charge in [-0.2, -0.15) is 0 Å². The zero-order valence-electron chi connectivity index (χ0n) is 10.3. The molecule has 2 rings (SSSR count). The molecule has 0 saturated heterocycles. The van der Waals surface area contributed by atoms with E-state index in [-0.39, 0.29) is 6.04 Å². The summed E-state index contributed by atoms with van der Waals surface area (Å²) in [7, 11) is 2.20. The Morgan fingerprint density at radius 1 is 1.38 bits per heavy atom. The summed E-state index contributed by atoms with van der Waals surface area (Å²) in [4.78, 5) is 2.41. The molecule has 2 nitrogen and oxygen atoms in total. The molecule has 1 fully saturated rings. The summed E-state index contributed by atoms with van der Waals surface area (Å²) >= 11 is 0. The van der Waals surface area contributed by atoms with Crippen LogP contribution in [0.4, 0.5) is 5.69 Å². The first-order valence-electron chi connectivity index (χ1n) is 6.31. The molecule has 16 heavy (non-hydrogen) atoms. The predicted octanol–water partition coefficient (Wildman–Crippen LogP) is 3.09. The van der Waals surface area contributed by atoms with Crippen LogP contribution in [0.15, 0.2) is 24.3 Å². The number of para-hydroxylation sites is 1. The van der Waals surface area contributed by atoms with E-state index in [4.69, 9.17) is 5.73 Å². The number of rotatable bonds is 4. The summed E-state index contributed by atoms with van der Waals surface area (Å²) in [6.07, 6.45) is 5.02. The second kappa shape index (κ2) is 4.88. The molecule has 1 aliphatic carbocycles. The van der Waals surface area contributed by atoms with Gasteiger partial charge >= 0.3 is 0 Å². The number of hydrogen-bond donors (Lipinski definition) is 1. The topological polar surface area (TPSA) is 29.3 Å². The lowest BCUT2D eigenvalue weighted by Gasteiger charge is -2.38. The molecule has 0 aliphatic heterocycles. The number of nitrogens with two attached hydrogens (primary N) is 1. The van der Waals surface area contributed by atoms with Crippen molar-refractivity contribution in [2.75, 3.05) is 11.9 Å². The number of anilines is 1. The molecule has 88 valence electrons. The molecule has 0 amide bonds. The molecule has 1 aromatic carbocycles. The molecule has 0 unspecified atom stereocenters. The van der Waals surface area contributed by atoms with Gasteiger partial charge in [0.1, 0.15) is 0 Å². The molecule has 1 aliphatic rings. The Morgan fingerprint density at radius 2 is 2.06 bits per heavy atom. The highest BCUT2D eigenvalue weighted by atomic mass is 15.1. The molecule has 1 aromatic rings. The maximum absolute atomic E-state index is 6.17. The van der Waals surface area contributed by atoms with Gasteiger partial charge in [0, 0.05) is 24.8 Å². The van der Waals surface area contributed by atoms with Crippen LogP contribution in [0.5, 0.6) is 0 Å². The van der Waals surface area contributed by atoms with Gasteiger partial charge in [0.2, 0.25) is 0 Å². The van der Waals surface area contributed by atoms with Crippen LogP contribution in [0.3, 0.4) is 0 Å². The highest BCUT2D eigenvalue weighted by Gasteiger charge is 2.24. The molecular formula is C14H22N2. The lowest BCUT2D eigenvalue weighted by Crippen LogP contribution is -2.38. The van der Waals surface area contributed by atoms with Crippen LogP contribution in [0.25, 0.3) is 0 Å². The Bertz CT molecular complexity index is 344. The highest BCUT2D eigenvalue weighted by Crippen LogP contribution is 2.32. The fourth-order valence-electron chi connectivity index (χ4n) is 2.31. The molecule has 0 bridgehead atoms. The van der Waals surface area contributed by atoms with Crippen molar-refractivity contribution in [3.63, 3.8) is 0 Å². The van der Waals surface area contributed by atoms with Gasteiger partial charge in [-0.1, -0.05) is 25.1 Å². The van der Waals surface area contributed by atoms with Crippen molar-refractivity contribution >= 4 is 5.69 Å². The second-order valence-corrected chi connectivity index (χ2v) is 4.77. The van der Waals surface area contributed by atoms with Crippen LogP contribution < -0.4 is 10.6 Å². The first-order chi connectivity index (χ1) is 7.74. The normalized spacial score (nSPS) is 17.9. The van der Waals surface area contributed by atoms with Crippen LogP contribution >= 0.6 is 0 Å². The Balaban J connectivity index is 2.24. The monoisotopic (exact) mass is 218 g/mol. The summed E-state index contributed by atoms with van der Waals surface area (Å²) in [6.45, 7) is 2.14.